The van der Waals surface area contributed by atoms with E-state index in [4.69, 9.17) is 33.1 Å². The van der Waals surface area contributed by atoms with E-state index in [-0.39, 0.29) is 134 Å². The zero-order valence-electron chi connectivity index (χ0n) is 36.2. The molecular weight excluding hydrogens is 712 g/mol. The molecule has 1 rings (SSSR count). The van der Waals surface area contributed by atoms with E-state index < -0.39 is 5.97 Å². The third kappa shape index (κ3) is 287. The molecule has 0 atom stereocenters. The van der Waals surface area contributed by atoms with Crippen LogP contribution >= 0.6 is 40.2 Å². The molecule has 0 saturated carbocycles. The molecule has 0 spiro atoms. The summed E-state index contributed by atoms with van der Waals surface area (Å²) in [5, 5.41) is 7.42. The maximum Gasteiger partial charge on any atom is 2.00 e. The fourth-order valence-electron chi connectivity index (χ4n) is 1.14. The summed E-state index contributed by atoms with van der Waals surface area (Å²) in [6.07, 6.45) is 8.36. The monoisotopic (exact) mass is 793 g/mol. The van der Waals surface area contributed by atoms with Crippen LogP contribution in [-0.4, -0.2) is 123 Å². The van der Waals surface area contributed by atoms with E-state index in [0.29, 0.717) is 12.3 Å². The molecule has 44 heavy (non-hydrogen) atoms. The molecule has 8 nitrogen and oxygen atoms in total. The van der Waals surface area contributed by atoms with Gasteiger partial charge in [-0.2, -0.15) is 0 Å². The minimum absolute atomic E-state index is 0. The summed E-state index contributed by atoms with van der Waals surface area (Å²) in [4.78, 5) is 29.2. The van der Waals surface area contributed by atoms with E-state index in [2.05, 4.69) is 57.1 Å². The van der Waals surface area contributed by atoms with Gasteiger partial charge < -0.3 is 38.9 Å². The van der Waals surface area contributed by atoms with Gasteiger partial charge >= 0.3 is 75.1 Å². The third-order valence-electron chi connectivity index (χ3n) is 2.47. The van der Waals surface area contributed by atoms with Crippen LogP contribution in [0.2, 0.25) is 0 Å². The van der Waals surface area contributed by atoms with Gasteiger partial charge in [-0.15, -0.1) is 40.2 Å². The molecule has 0 unspecified atom stereocenters. The smallest absolute Gasteiger partial charge is 1.00 e. The quantitative estimate of drug-likeness (QED) is 0.0677. The van der Waals surface area contributed by atoms with Crippen molar-refractivity contribution in [1.82, 2.24) is 0 Å². The summed E-state index contributed by atoms with van der Waals surface area (Å²) in [6, 6.07) is 0. The Morgan fingerprint density at radius 1 is 0.886 bits per heavy atom. The van der Waals surface area contributed by atoms with Gasteiger partial charge in [0.15, 0.2) is 0 Å². The van der Waals surface area contributed by atoms with Crippen molar-refractivity contribution < 1.29 is 51.3 Å². The molecule has 1 aliphatic heterocycles. The number of carboxylic acid groups (broad SMARTS) is 1. The molecule has 0 amide bonds. The summed E-state index contributed by atoms with van der Waals surface area (Å²) >= 11 is 10.8. The number of rotatable bonds is 7. The molecule has 1 aliphatic rings. The molecule has 1 fully saturated rings. The number of carbonyl (C=O) groups is 3. The fraction of sp³-hybridized carbons (Fsp3) is 0.833. The molecule has 0 aromatic rings. The van der Waals surface area contributed by atoms with Gasteiger partial charge in [-0.05, 0) is 53.9 Å². The largest absolute Gasteiger partial charge is 2.00 e. The molecule has 1 heterocycles. The van der Waals surface area contributed by atoms with E-state index in [1.165, 1.54) is 25.3 Å². The SMILES string of the molecule is Br.C.C/C=C(\C)CCCCl.C1CO1.CC.CC(=O)CCCCl.CC(=O)O.CC(=O)OC(C)C.CCC.CCC.[2HH].[H-].[H-].[H-].[H-].[H-].[H-].[HH].[Mg+2].[Mg+2].[Mg+2].[OH3+].[OH3+]. The summed E-state index contributed by atoms with van der Waals surface area (Å²) in [5.41, 5.74) is 1.44. The van der Waals surface area contributed by atoms with E-state index in [9.17, 15) is 9.59 Å². The molecule has 0 bridgehead atoms. The zero-order chi connectivity index (χ0) is 31.1. The Morgan fingerprint density at radius 2 is 1.14 bits per heavy atom. The maximum atomic E-state index is 10.1. The van der Waals surface area contributed by atoms with Gasteiger partial charge in [-0.3, -0.25) is 9.59 Å². The number of hydrogen-bond donors (Lipinski definition) is 1. The number of carboxylic acids is 1. The van der Waals surface area contributed by atoms with Crippen LogP contribution in [0.5, 0.6) is 0 Å². The third-order valence-corrected chi connectivity index (χ3v) is 3.00. The second-order valence-electron chi connectivity index (χ2n) is 7.63. The van der Waals surface area contributed by atoms with Crippen LogP contribution in [-0.2, 0) is 34.8 Å². The van der Waals surface area contributed by atoms with Crippen molar-refractivity contribution >= 4 is 127 Å². The number of alkyl halides is 2. The zero-order valence-corrected chi connectivity index (χ0v) is 37.6. The number of allylic oxidation sites excluding steroid dienone is 2. The van der Waals surface area contributed by atoms with Gasteiger partial charge in [-0.25, -0.2) is 0 Å². The fourth-order valence-corrected chi connectivity index (χ4v) is 1.40. The average Bonchev–Trinajstić information content (AvgIpc) is 3.67. The number of carbonyl (C=O) groups excluding carboxylic acids is 2. The average molecular weight is 797 g/mol. The van der Waals surface area contributed by atoms with Crippen molar-refractivity contribution in [3.63, 3.8) is 0 Å². The van der Waals surface area contributed by atoms with Crippen LogP contribution in [0.1, 0.15) is 147 Å². The van der Waals surface area contributed by atoms with Gasteiger partial charge in [0.2, 0.25) is 0 Å². The number of esters is 1. The molecule has 0 aromatic carbocycles. The topological polar surface area (TPSA) is 159 Å². The first-order valence-corrected chi connectivity index (χ1v) is 14.5. The van der Waals surface area contributed by atoms with Crippen molar-refractivity contribution in [1.29, 1.82) is 0 Å². The second kappa shape index (κ2) is 96.8. The van der Waals surface area contributed by atoms with Gasteiger partial charge in [0.05, 0.1) is 19.3 Å². The van der Waals surface area contributed by atoms with Gasteiger partial charge in [0.25, 0.3) is 5.97 Å². The normalized spacial score (nSPS) is 8.23. The Labute approximate surface area is 354 Å². The minimum Gasteiger partial charge on any atom is -1.00 e. The number of halogens is 3. The number of Topliss-reactive ketones (excluding diaryl/α,β-unsaturated/α-hetero) is 1. The van der Waals surface area contributed by atoms with Crippen molar-refractivity contribution in [2.45, 2.75) is 142 Å². The Bertz CT molecular complexity index is 503. The number of aliphatic carboxylic acids is 1. The van der Waals surface area contributed by atoms with E-state index in [0.717, 1.165) is 45.3 Å². The Hall–Kier alpha value is 1.59. The van der Waals surface area contributed by atoms with Crippen LogP contribution < -0.4 is 0 Å². The van der Waals surface area contributed by atoms with E-state index >= 15 is 0 Å². The van der Waals surface area contributed by atoms with E-state index in [1.807, 2.05) is 27.7 Å². The predicted octanol–water partition coefficient (Wildman–Crippen LogP) is 8.88. The second-order valence-corrected chi connectivity index (χ2v) is 8.38. The summed E-state index contributed by atoms with van der Waals surface area (Å²) in [6.45, 7) is 26.4. The van der Waals surface area contributed by atoms with Crippen molar-refractivity contribution in [3.05, 3.63) is 11.6 Å². The van der Waals surface area contributed by atoms with Crippen LogP contribution in [0.15, 0.2) is 11.6 Å². The Morgan fingerprint density at radius 3 is 1.23 bits per heavy atom. The van der Waals surface area contributed by atoms with Crippen LogP contribution in [0.25, 0.3) is 0 Å². The van der Waals surface area contributed by atoms with Crippen molar-refractivity contribution in [2.75, 3.05) is 25.0 Å². The first-order valence-electron chi connectivity index (χ1n) is 13.4. The molecule has 14 heteroatoms. The molecule has 0 aromatic heterocycles. The van der Waals surface area contributed by atoms with Crippen LogP contribution in [0.3, 0.4) is 0 Å². The van der Waals surface area contributed by atoms with Gasteiger partial charge in [0.1, 0.15) is 5.78 Å². The summed E-state index contributed by atoms with van der Waals surface area (Å²) in [7, 11) is 0. The standard InChI is InChI=1S/C7H13Cl.C5H9ClO.C5H10O2.2C3H8.C2H4O2.C2H4O.C2H6.CH4.BrH.3Mg.2H2O.2H2.6H/c1-3-7(2)5-4-6-8;1-5(7)3-2-4-6;1-4(2)7-5(3)6;2*1-3-2;1-2(3)4;1-2-3-1;1-2;;;;;;;;;;;;;;;/h3H,4-6H2,1-2H3;2-4H2,1H3;4H,1-3H3;2*3H2,1-2H3;1H3,(H,3,4);1-2H2;1-2H3;1H4;1H;;;;2*1H2;2*1H;;;;;;/q;;;;;;;;;;3*+2;;;;;6*-1/p+2/b7-3+;;;;;;;;;;;;;;;;;;;;;;/i;;;;;;;;;;;;;;;1+1;;;;;;;. The number of epoxide rings is 1. The van der Waals surface area contributed by atoms with Crippen LogP contribution in [0.4, 0.5) is 0 Å². The van der Waals surface area contributed by atoms with Crippen LogP contribution in [0, 0.1) is 0 Å². The molecule has 1 saturated heterocycles. The Kier molecular flexibility index (Phi) is 200. The maximum absolute atomic E-state index is 10.1. The molecule has 276 valence electrons. The molecule has 0 radical (unpaired) electrons. The van der Waals surface area contributed by atoms with Crippen molar-refractivity contribution in [2.24, 2.45) is 0 Å². The summed E-state index contributed by atoms with van der Waals surface area (Å²) in [5.74, 6) is 0.556. The number of hydrogen-bond acceptors (Lipinski definition) is 5. The predicted molar refractivity (Wildman–Crippen MR) is 219 cm³/mol. The van der Waals surface area contributed by atoms with Gasteiger partial charge in [-0.1, -0.05) is 73.5 Å². The summed E-state index contributed by atoms with van der Waals surface area (Å²) < 4.78 is 9.11. The first kappa shape index (κ1) is 90.8. The van der Waals surface area contributed by atoms with E-state index in [1.54, 1.807) is 6.92 Å². The van der Waals surface area contributed by atoms with Gasteiger partial charge in [0, 0.05) is 34.9 Å². The molecule has 0 aliphatic carbocycles. The Balaban J connectivity index is -0.00000000977. The molecule has 7 N–H and O–H groups in total. The first-order chi connectivity index (χ1) is 17.3. The molecular formula is C30H83BrCl2Mg3O8+2. The minimum atomic E-state index is -0.833. The number of ketones is 1. The van der Waals surface area contributed by atoms with Crippen molar-refractivity contribution in [3.8, 4) is 0 Å². The number of ether oxygens (including phenoxy) is 2.